The van der Waals surface area contributed by atoms with E-state index in [0.717, 1.165) is 27.7 Å². The lowest BCUT2D eigenvalue weighted by atomic mass is 9.85. The lowest BCUT2D eigenvalue weighted by Gasteiger charge is -2.47. The fourth-order valence-electron chi connectivity index (χ4n) is 5.33. The number of benzene rings is 2. The average Bonchev–Trinajstić information content (AvgIpc) is 3.14. The van der Waals surface area contributed by atoms with Crippen molar-refractivity contribution in [3.8, 4) is 0 Å². The van der Waals surface area contributed by atoms with E-state index in [4.69, 9.17) is 0 Å². The third-order valence-corrected chi connectivity index (χ3v) is 6.85. The number of hydrogen-bond donors (Lipinski definition) is 1. The molecule has 0 saturated carbocycles. The van der Waals surface area contributed by atoms with E-state index in [1.807, 2.05) is 17.0 Å². The first kappa shape index (κ1) is 20.8. The number of hydrogen-bond acceptors (Lipinski definition) is 2. The molecule has 3 heterocycles. The van der Waals surface area contributed by atoms with Gasteiger partial charge in [-0.05, 0) is 34.6 Å². The molecule has 2 amide bonds. The van der Waals surface area contributed by atoms with Crippen molar-refractivity contribution in [2.75, 3.05) is 13.1 Å². The van der Waals surface area contributed by atoms with Gasteiger partial charge in [-0.25, -0.2) is 0 Å². The van der Waals surface area contributed by atoms with E-state index in [1.165, 1.54) is 5.56 Å². The maximum absolute atomic E-state index is 13.6. The van der Waals surface area contributed by atoms with Crippen molar-refractivity contribution in [1.82, 2.24) is 14.8 Å². The monoisotopic (exact) mass is 429 g/mol. The smallest absolute Gasteiger partial charge is 0.246 e. The third kappa shape index (κ3) is 3.31. The van der Waals surface area contributed by atoms with E-state index in [-0.39, 0.29) is 24.4 Å². The summed E-state index contributed by atoms with van der Waals surface area (Å²) in [6.45, 7) is 9.30. The molecule has 5 heteroatoms. The summed E-state index contributed by atoms with van der Waals surface area (Å²) in [5.74, 6) is 0.856. The second-order valence-corrected chi connectivity index (χ2v) is 9.92. The lowest BCUT2D eigenvalue weighted by molar-refractivity contribution is -0.159. The molecule has 2 atom stereocenters. The molecular formula is C27H31N3O2. The minimum Gasteiger partial charge on any atom is -0.356 e. The van der Waals surface area contributed by atoms with Crippen LogP contribution in [0, 0.1) is 5.92 Å². The Morgan fingerprint density at radius 3 is 2.41 bits per heavy atom. The van der Waals surface area contributed by atoms with Crippen molar-refractivity contribution in [3.63, 3.8) is 0 Å². The molecule has 0 radical (unpaired) electrons. The number of amides is 2. The van der Waals surface area contributed by atoms with Crippen LogP contribution in [0.3, 0.4) is 0 Å². The molecule has 5 nitrogen and oxygen atoms in total. The molecule has 1 saturated heterocycles. The molecule has 1 fully saturated rings. The number of carbonyl (C=O) groups is 2. The fourth-order valence-corrected chi connectivity index (χ4v) is 5.33. The van der Waals surface area contributed by atoms with E-state index < -0.39 is 6.04 Å². The quantitative estimate of drug-likeness (QED) is 0.657. The normalized spacial score (nSPS) is 20.9. The molecule has 0 unspecified atom stereocenters. The van der Waals surface area contributed by atoms with Crippen LogP contribution in [-0.2, 0) is 16.0 Å². The topological polar surface area (TPSA) is 56.4 Å². The van der Waals surface area contributed by atoms with E-state index in [2.05, 4.69) is 69.1 Å². The van der Waals surface area contributed by atoms with Crippen molar-refractivity contribution in [3.05, 3.63) is 70.9 Å². The van der Waals surface area contributed by atoms with Gasteiger partial charge in [-0.1, -0.05) is 70.2 Å². The van der Waals surface area contributed by atoms with Crippen molar-refractivity contribution in [2.24, 2.45) is 5.92 Å². The Hall–Kier alpha value is -3.08. The lowest BCUT2D eigenvalue weighted by Crippen LogP contribution is -2.63. The molecule has 166 valence electrons. The summed E-state index contributed by atoms with van der Waals surface area (Å²) in [6, 6.07) is 16.0. The van der Waals surface area contributed by atoms with E-state index in [1.54, 1.807) is 4.90 Å². The number of nitrogens with zero attached hydrogens (tertiary/aromatic N) is 2. The largest absolute Gasteiger partial charge is 0.356 e. The van der Waals surface area contributed by atoms with Crippen LogP contribution in [0.5, 0.6) is 0 Å². The summed E-state index contributed by atoms with van der Waals surface area (Å²) in [4.78, 5) is 34.2. The van der Waals surface area contributed by atoms with E-state index >= 15 is 0 Å². The van der Waals surface area contributed by atoms with Crippen LogP contribution < -0.4 is 0 Å². The zero-order chi connectivity index (χ0) is 22.6. The zero-order valence-corrected chi connectivity index (χ0v) is 19.3. The first-order valence-corrected chi connectivity index (χ1v) is 11.6. The standard InChI is InChI=1S/C27H31N3O2/c1-16(2)14-29-15-24(31)30-23(27(29)32)13-21-20-7-5-6-8-22(20)28-25(21)26(30)19-11-9-18(10-12-19)17(3)4/h5-12,16-17,23,26,28H,13-15H2,1-4H3/t23-,26+/m0/s1. The van der Waals surface area contributed by atoms with Gasteiger partial charge in [0.2, 0.25) is 11.8 Å². The first-order valence-electron chi connectivity index (χ1n) is 11.6. The van der Waals surface area contributed by atoms with Gasteiger partial charge < -0.3 is 14.8 Å². The maximum atomic E-state index is 13.6. The molecule has 32 heavy (non-hydrogen) atoms. The third-order valence-electron chi connectivity index (χ3n) is 6.85. The fraction of sp³-hybridized carbons (Fsp3) is 0.407. The zero-order valence-electron chi connectivity index (χ0n) is 19.3. The Kier molecular flexibility index (Phi) is 5.07. The van der Waals surface area contributed by atoms with Gasteiger partial charge >= 0.3 is 0 Å². The van der Waals surface area contributed by atoms with Crippen LogP contribution in [0.1, 0.15) is 62.0 Å². The van der Waals surface area contributed by atoms with Crippen LogP contribution >= 0.6 is 0 Å². The number of carbonyl (C=O) groups excluding carboxylic acids is 2. The number of para-hydroxylation sites is 1. The molecule has 5 rings (SSSR count). The second-order valence-electron chi connectivity index (χ2n) is 9.92. The molecular weight excluding hydrogens is 398 g/mol. The van der Waals surface area contributed by atoms with Crippen LogP contribution in [0.25, 0.3) is 10.9 Å². The van der Waals surface area contributed by atoms with Crippen LogP contribution in [0.2, 0.25) is 0 Å². The summed E-state index contributed by atoms with van der Waals surface area (Å²) in [5.41, 5.74) is 5.57. The maximum Gasteiger partial charge on any atom is 0.246 e. The Balaban J connectivity index is 1.65. The number of piperazine rings is 1. The Labute approximate surface area is 189 Å². The number of nitrogens with one attached hydrogen (secondary N) is 1. The van der Waals surface area contributed by atoms with Crippen molar-refractivity contribution in [1.29, 1.82) is 0 Å². The highest BCUT2D eigenvalue weighted by molar-refractivity contribution is 5.97. The Morgan fingerprint density at radius 1 is 1.00 bits per heavy atom. The number of rotatable bonds is 4. The van der Waals surface area contributed by atoms with Gasteiger partial charge in [-0.2, -0.15) is 0 Å². The van der Waals surface area contributed by atoms with Crippen LogP contribution in [-0.4, -0.2) is 45.7 Å². The number of fused-ring (bicyclic) bond motifs is 4. The number of H-pyrrole nitrogens is 1. The molecule has 2 aliphatic heterocycles. The summed E-state index contributed by atoms with van der Waals surface area (Å²) in [6.07, 6.45) is 0.555. The van der Waals surface area contributed by atoms with Gasteiger partial charge in [0.05, 0.1) is 12.6 Å². The van der Waals surface area contributed by atoms with Gasteiger partial charge in [-0.3, -0.25) is 9.59 Å². The first-order chi connectivity index (χ1) is 15.3. The molecule has 2 aromatic carbocycles. The number of aromatic nitrogens is 1. The van der Waals surface area contributed by atoms with Gasteiger partial charge in [0.25, 0.3) is 0 Å². The molecule has 1 aromatic heterocycles. The molecule has 1 N–H and O–H groups in total. The second kappa shape index (κ2) is 7.80. The van der Waals surface area contributed by atoms with E-state index in [0.29, 0.717) is 24.8 Å². The Bertz CT molecular complexity index is 1180. The Morgan fingerprint density at radius 2 is 1.72 bits per heavy atom. The molecule has 0 aliphatic carbocycles. The molecule has 3 aromatic rings. The highest BCUT2D eigenvalue weighted by atomic mass is 16.2. The SMILES string of the molecule is CC(C)CN1CC(=O)N2[C@H](c3ccc(C(C)C)cc3)c3[nH]c4ccccc4c3C[C@H]2C1=O. The average molecular weight is 430 g/mol. The van der Waals surface area contributed by atoms with Crippen molar-refractivity contribution in [2.45, 2.75) is 52.1 Å². The van der Waals surface area contributed by atoms with Gasteiger partial charge in [0, 0.05) is 29.6 Å². The van der Waals surface area contributed by atoms with Crippen molar-refractivity contribution >= 4 is 22.7 Å². The highest BCUT2D eigenvalue weighted by Gasteiger charge is 2.48. The molecule has 0 spiro atoms. The summed E-state index contributed by atoms with van der Waals surface area (Å²) in [5, 5.41) is 1.15. The summed E-state index contributed by atoms with van der Waals surface area (Å²) in [7, 11) is 0. The number of aromatic amines is 1. The summed E-state index contributed by atoms with van der Waals surface area (Å²) >= 11 is 0. The van der Waals surface area contributed by atoms with Gasteiger partial charge in [0.15, 0.2) is 0 Å². The van der Waals surface area contributed by atoms with Gasteiger partial charge in [-0.15, -0.1) is 0 Å². The predicted molar refractivity (Wildman–Crippen MR) is 126 cm³/mol. The highest BCUT2D eigenvalue weighted by Crippen LogP contribution is 2.42. The minimum atomic E-state index is -0.462. The minimum absolute atomic E-state index is 0.0255. The molecule has 0 bridgehead atoms. The van der Waals surface area contributed by atoms with Crippen molar-refractivity contribution < 1.29 is 9.59 Å². The van der Waals surface area contributed by atoms with Crippen LogP contribution in [0.15, 0.2) is 48.5 Å². The van der Waals surface area contributed by atoms with Gasteiger partial charge in [0.1, 0.15) is 6.04 Å². The predicted octanol–water partition coefficient (Wildman–Crippen LogP) is 4.63. The molecule has 2 aliphatic rings. The van der Waals surface area contributed by atoms with E-state index in [9.17, 15) is 9.59 Å². The summed E-state index contributed by atoms with van der Waals surface area (Å²) < 4.78 is 0. The van der Waals surface area contributed by atoms with Crippen LogP contribution in [0.4, 0.5) is 0 Å².